The normalized spacial score (nSPS) is 15.4. The SMILES string of the molecule is O=C(c1ccccc1Cl)N1CCC(COc2ncccn2)CC1. The zero-order chi connectivity index (χ0) is 16.1. The summed E-state index contributed by atoms with van der Waals surface area (Å²) in [5.74, 6) is 0.412. The summed E-state index contributed by atoms with van der Waals surface area (Å²) in [6.07, 6.45) is 5.13. The van der Waals surface area contributed by atoms with Crippen LogP contribution in [0.2, 0.25) is 5.02 Å². The molecule has 1 aromatic carbocycles. The number of carbonyl (C=O) groups is 1. The van der Waals surface area contributed by atoms with E-state index in [4.69, 9.17) is 16.3 Å². The zero-order valence-electron chi connectivity index (χ0n) is 12.7. The fourth-order valence-electron chi connectivity index (χ4n) is 2.66. The molecule has 1 aliphatic heterocycles. The third-order valence-corrected chi connectivity index (χ3v) is 4.33. The molecule has 1 amide bonds. The van der Waals surface area contributed by atoms with E-state index in [9.17, 15) is 4.79 Å². The summed E-state index contributed by atoms with van der Waals surface area (Å²) in [5.41, 5.74) is 0.571. The van der Waals surface area contributed by atoms with Crippen molar-refractivity contribution in [3.05, 3.63) is 53.3 Å². The van der Waals surface area contributed by atoms with Crippen molar-refractivity contribution in [2.24, 2.45) is 5.92 Å². The van der Waals surface area contributed by atoms with E-state index in [2.05, 4.69) is 9.97 Å². The highest BCUT2D eigenvalue weighted by Crippen LogP contribution is 2.22. The Kier molecular flexibility index (Phi) is 5.08. The minimum absolute atomic E-state index is 0.00126. The molecule has 0 radical (unpaired) electrons. The Balaban J connectivity index is 1.50. The average molecular weight is 332 g/mol. The quantitative estimate of drug-likeness (QED) is 0.864. The number of halogens is 1. The van der Waals surface area contributed by atoms with Gasteiger partial charge >= 0.3 is 6.01 Å². The Morgan fingerprint density at radius 2 is 1.87 bits per heavy atom. The van der Waals surface area contributed by atoms with Gasteiger partial charge in [-0.3, -0.25) is 4.79 Å². The van der Waals surface area contributed by atoms with Crippen molar-refractivity contribution in [3.63, 3.8) is 0 Å². The minimum atomic E-state index is 0.00126. The standard InChI is InChI=1S/C17H18ClN3O2/c18-15-5-2-1-4-14(15)16(22)21-10-6-13(7-11-21)12-23-17-19-8-3-9-20-17/h1-5,8-9,13H,6-7,10-12H2. The van der Waals surface area contributed by atoms with Crippen molar-refractivity contribution in [2.75, 3.05) is 19.7 Å². The van der Waals surface area contributed by atoms with Gasteiger partial charge in [0.1, 0.15) is 0 Å². The van der Waals surface area contributed by atoms with Crippen molar-refractivity contribution < 1.29 is 9.53 Å². The smallest absolute Gasteiger partial charge is 0.316 e. The van der Waals surface area contributed by atoms with E-state index in [0.29, 0.717) is 42.2 Å². The summed E-state index contributed by atoms with van der Waals surface area (Å²) in [7, 11) is 0. The van der Waals surface area contributed by atoms with Gasteiger partial charge in [-0.15, -0.1) is 0 Å². The Hall–Kier alpha value is -2.14. The fraction of sp³-hybridized carbons (Fsp3) is 0.353. The molecule has 0 spiro atoms. The molecule has 2 heterocycles. The van der Waals surface area contributed by atoms with Crippen molar-refractivity contribution >= 4 is 17.5 Å². The molecular formula is C17H18ClN3O2. The van der Waals surface area contributed by atoms with Gasteiger partial charge in [0.15, 0.2) is 0 Å². The summed E-state index contributed by atoms with van der Waals surface area (Å²) >= 11 is 6.10. The second-order valence-corrected chi connectivity index (χ2v) is 5.96. The molecule has 5 nitrogen and oxygen atoms in total. The van der Waals surface area contributed by atoms with Crippen LogP contribution in [0.25, 0.3) is 0 Å². The van der Waals surface area contributed by atoms with Gasteiger partial charge < -0.3 is 9.64 Å². The first kappa shape index (κ1) is 15.7. The first-order valence-electron chi connectivity index (χ1n) is 7.67. The highest BCUT2D eigenvalue weighted by molar-refractivity contribution is 6.33. The molecule has 1 aromatic heterocycles. The lowest BCUT2D eigenvalue weighted by atomic mass is 9.97. The Labute approximate surface area is 140 Å². The van der Waals surface area contributed by atoms with Gasteiger partial charge in [0, 0.05) is 25.5 Å². The number of ether oxygens (including phenoxy) is 1. The molecule has 0 aliphatic carbocycles. The summed E-state index contributed by atoms with van der Waals surface area (Å²) in [6.45, 7) is 2.01. The molecule has 1 saturated heterocycles. The average Bonchev–Trinajstić information content (AvgIpc) is 2.61. The molecule has 2 aromatic rings. The second kappa shape index (κ2) is 7.42. The first-order chi connectivity index (χ1) is 11.2. The predicted octanol–water partition coefficient (Wildman–Crippen LogP) is 3.06. The fourth-order valence-corrected chi connectivity index (χ4v) is 2.88. The molecule has 0 bridgehead atoms. The van der Waals surface area contributed by atoms with E-state index >= 15 is 0 Å². The second-order valence-electron chi connectivity index (χ2n) is 5.56. The number of likely N-dealkylation sites (tertiary alicyclic amines) is 1. The highest BCUT2D eigenvalue weighted by atomic mass is 35.5. The molecule has 120 valence electrons. The molecular weight excluding hydrogens is 314 g/mol. The van der Waals surface area contributed by atoms with Crippen LogP contribution in [0.5, 0.6) is 6.01 Å². The Morgan fingerprint density at radius 3 is 2.57 bits per heavy atom. The number of piperidine rings is 1. The van der Waals surface area contributed by atoms with E-state index < -0.39 is 0 Å². The lowest BCUT2D eigenvalue weighted by Gasteiger charge is -2.32. The molecule has 1 fully saturated rings. The van der Waals surface area contributed by atoms with Gasteiger partial charge in [-0.05, 0) is 37.0 Å². The van der Waals surface area contributed by atoms with Crippen molar-refractivity contribution in [2.45, 2.75) is 12.8 Å². The number of amides is 1. The third kappa shape index (κ3) is 3.99. The van der Waals surface area contributed by atoms with E-state index in [1.165, 1.54) is 0 Å². The van der Waals surface area contributed by atoms with Crippen LogP contribution in [0.4, 0.5) is 0 Å². The van der Waals surface area contributed by atoms with Crippen LogP contribution < -0.4 is 4.74 Å². The van der Waals surface area contributed by atoms with Gasteiger partial charge in [0.2, 0.25) is 0 Å². The number of rotatable bonds is 4. The van der Waals surface area contributed by atoms with Crippen molar-refractivity contribution in [3.8, 4) is 6.01 Å². The van der Waals surface area contributed by atoms with Crippen LogP contribution in [0.15, 0.2) is 42.7 Å². The van der Waals surface area contributed by atoms with E-state index in [1.807, 2.05) is 17.0 Å². The molecule has 23 heavy (non-hydrogen) atoms. The van der Waals surface area contributed by atoms with E-state index in [-0.39, 0.29) is 5.91 Å². The molecule has 0 N–H and O–H groups in total. The van der Waals surface area contributed by atoms with Crippen LogP contribution in [0.3, 0.4) is 0 Å². The van der Waals surface area contributed by atoms with Crippen LogP contribution in [0, 0.1) is 5.92 Å². The Morgan fingerprint density at radius 1 is 1.17 bits per heavy atom. The minimum Gasteiger partial charge on any atom is -0.463 e. The summed E-state index contributed by atoms with van der Waals surface area (Å²) in [5, 5.41) is 0.504. The highest BCUT2D eigenvalue weighted by Gasteiger charge is 2.25. The lowest BCUT2D eigenvalue weighted by Crippen LogP contribution is -2.39. The lowest BCUT2D eigenvalue weighted by molar-refractivity contribution is 0.0657. The molecule has 0 atom stereocenters. The maximum atomic E-state index is 12.5. The van der Waals surface area contributed by atoms with Crippen LogP contribution >= 0.6 is 11.6 Å². The number of aromatic nitrogens is 2. The number of hydrogen-bond acceptors (Lipinski definition) is 4. The van der Waals surface area contributed by atoms with E-state index in [1.54, 1.807) is 30.6 Å². The molecule has 0 saturated carbocycles. The van der Waals surface area contributed by atoms with E-state index in [0.717, 1.165) is 12.8 Å². The van der Waals surface area contributed by atoms with Gasteiger partial charge in [-0.25, -0.2) is 9.97 Å². The number of nitrogens with zero attached hydrogens (tertiary/aromatic N) is 3. The molecule has 6 heteroatoms. The first-order valence-corrected chi connectivity index (χ1v) is 8.05. The molecule has 1 aliphatic rings. The number of hydrogen-bond donors (Lipinski definition) is 0. The molecule has 3 rings (SSSR count). The van der Waals surface area contributed by atoms with Crippen molar-refractivity contribution in [1.82, 2.24) is 14.9 Å². The van der Waals surface area contributed by atoms with Crippen LogP contribution in [0.1, 0.15) is 23.2 Å². The third-order valence-electron chi connectivity index (χ3n) is 4.00. The number of carbonyl (C=O) groups excluding carboxylic acids is 1. The largest absolute Gasteiger partial charge is 0.463 e. The van der Waals surface area contributed by atoms with Gasteiger partial charge in [-0.1, -0.05) is 23.7 Å². The van der Waals surface area contributed by atoms with Crippen molar-refractivity contribution in [1.29, 1.82) is 0 Å². The van der Waals surface area contributed by atoms with Gasteiger partial charge in [0.05, 0.1) is 17.2 Å². The van der Waals surface area contributed by atoms with Crippen LogP contribution in [-0.4, -0.2) is 40.5 Å². The summed E-state index contributed by atoms with van der Waals surface area (Å²) < 4.78 is 5.60. The maximum absolute atomic E-state index is 12.5. The van der Waals surface area contributed by atoms with Crippen LogP contribution in [-0.2, 0) is 0 Å². The maximum Gasteiger partial charge on any atom is 0.316 e. The topological polar surface area (TPSA) is 55.3 Å². The summed E-state index contributed by atoms with van der Waals surface area (Å²) in [6, 6.07) is 9.34. The Bertz CT molecular complexity index is 658. The zero-order valence-corrected chi connectivity index (χ0v) is 13.4. The molecule has 0 unspecified atom stereocenters. The van der Waals surface area contributed by atoms with Gasteiger partial charge in [0.25, 0.3) is 5.91 Å². The monoisotopic (exact) mass is 331 g/mol. The summed E-state index contributed by atoms with van der Waals surface area (Å²) in [4.78, 5) is 22.4. The predicted molar refractivity (Wildman–Crippen MR) is 87.6 cm³/mol. The van der Waals surface area contributed by atoms with Gasteiger partial charge in [-0.2, -0.15) is 0 Å². The number of benzene rings is 1.